The smallest absolute Gasteiger partial charge is 0.407 e. The Morgan fingerprint density at radius 2 is 1.74 bits per heavy atom. The zero-order valence-electron chi connectivity index (χ0n) is 18.9. The minimum absolute atomic E-state index is 0.00984. The summed E-state index contributed by atoms with van der Waals surface area (Å²) < 4.78 is 10.9. The number of carboxylic acids is 1. The topological polar surface area (TPSA) is 105 Å². The van der Waals surface area contributed by atoms with Crippen molar-refractivity contribution in [2.45, 2.75) is 30.7 Å². The number of fused-ring (bicyclic) bond motifs is 4. The maximum absolute atomic E-state index is 12.5. The Morgan fingerprint density at radius 3 is 2.41 bits per heavy atom. The van der Waals surface area contributed by atoms with E-state index in [0.29, 0.717) is 13.0 Å². The van der Waals surface area contributed by atoms with Gasteiger partial charge in [-0.15, -0.1) is 0 Å². The van der Waals surface area contributed by atoms with Crippen molar-refractivity contribution in [3.8, 4) is 11.1 Å². The first-order valence-electron chi connectivity index (χ1n) is 11.7. The van der Waals surface area contributed by atoms with Crippen molar-refractivity contribution in [1.82, 2.24) is 10.2 Å². The largest absolute Gasteiger partial charge is 0.479 e. The van der Waals surface area contributed by atoms with Crippen molar-refractivity contribution in [3.05, 3.63) is 59.7 Å². The summed E-state index contributed by atoms with van der Waals surface area (Å²) in [7, 11) is 0. The summed E-state index contributed by atoms with van der Waals surface area (Å²) in [6.07, 6.45) is 1.64. The molecule has 1 aliphatic heterocycles. The van der Waals surface area contributed by atoms with Crippen molar-refractivity contribution in [3.63, 3.8) is 0 Å². The zero-order chi connectivity index (χ0) is 23.7. The molecule has 178 valence electrons. The van der Waals surface area contributed by atoms with E-state index in [1.807, 2.05) is 24.3 Å². The molecule has 0 unspecified atom stereocenters. The number of carbonyl (C=O) groups is 3. The number of aliphatic carboxylic acids is 1. The van der Waals surface area contributed by atoms with Gasteiger partial charge >= 0.3 is 12.1 Å². The molecule has 0 radical (unpaired) electrons. The second-order valence-electron chi connectivity index (χ2n) is 9.12. The highest BCUT2D eigenvalue weighted by atomic mass is 16.5. The third-order valence-electron chi connectivity index (χ3n) is 7.25. The van der Waals surface area contributed by atoms with Gasteiger partial charge in [-0.3, -0.25) is 4.79 Å². The second-order valence-corrected chi connectivity index (χ2v) is 9.12. The normalized spacial score (nSPS) is 22.4. The van der Waals surface area contributed by atoms with Crippen LogP contribution in [0.15, 0.2) is 48.5 Å². The predicted molar refractivity (Wildman–Crippen MR) is 123 cm³/mol. The van der Waals surface area contributed by atoms with Gasteiger partial charge in [0.1, 0.15) is 18.8 Å². The van der Waals surface area contributed by atoms with Crippen LogP contribution in [0, 0.1) is 5.92 Å². The summed E-state index contributed by atoms with van der Waals surface area (Å²) in [5, 5.41) is 12.2. The van der Waals surface area contributed by atoms with Crippen LogP contribution in [-0.2, 0) is 19.1 Å². The Kier molecular flexibility index (Phi) is 6.00. The van der Waals surface area contributed by atoms with Crippen LogP contribution in [-0.4, -0.2) is 66.4 Å². The summed E-state index contributed by atoms with van der Waals surface area (Å²) in [4.78, 5) is 37.9. The third-order valence-corrected chi connectivity index (χ3v) is 7.25. The van der Waals surface area contributed by atoms with Crippen LogP contribution in [0.3, 0.4) is 0 Å². The van der Waals surface area contributed by atoms with E-state index in [-0.39, 0.29) is 44.1 Å². The third kappa shape index (κ3) is 3.92. The molecule has 5 rings (SSSR count). The van der Waals surface area contributed by atoms with Crippen molar-refractivity contribution in [2.24, 2.45) is 5.92 Å². The van der Waals surface area contributed by atoms with Crippen LogP contribution >= 0.6 is 0 Å². The van der Waals surface area contributed by atoms with Crippen LogP contribution in [0.25, 0.3) is 11.1 Å². The van der Waals surface area contributed by atoms with E-state index in [9.17, 15) is 19.5 Å². The Morgan fingerprint density at radius 1 is 1.06 bits per heavy atom. The molecule has 1 saturated heterocycles. The number of piperidine rings is 1. The number of benzene rings is 2. The molecule has 34 heavy (non-hydrogen) atoms. The molecule has 2 amide bonds. The molecule has 0 bridgehead atoms. The van der Waals surface area contributed by atoms with E-state index in [4.69, 9.17) is 9.47 Å². The highest BCUT2D eigenvalue weighted by Crippen LogP contribution is 2.54. The molecule has 2 atom stereocenters. The number of hydrogen-bond acceptors (Lipinski definition) is 5. The Balaban J connectivity index is 1.05. The fourth-order valence-electron chi connectivity index (χ4n) is 5.52. The second kappa shape index (κ2) is 9.10. The minimum atomic E-state index is -1.03. The van der Waals surface area contributed by atoms with Gasteiger partial charge in [0.2, 0.25) is 5.91 Å². The maximum atomic E-state index is 12.5. The summed E-state index contributed by atoms with van der Waals surface area (Å²) in [6, 6.07) is 16.3. The van der Waals surface area contributed by atoms with Gasteiger partial charge in [-0.2, -0.15) is 0 Å². The van der Waals surface area contributed by atoms with Crippen molar-refractivity contribution < 1.29 is 29.0 Å². The molecular formula is C26H28N2O6. The zero-order valence-corrected chi connectivity index (χ0v) is 18.9. The standard InChI is InChI=1S/C26H28N2O6/c29-23(28-12-5-6-17-14-26(17,28)24(30)31)16-33-13-11-27-25(32)34-15-22-20-9-3-1-7-18(20)19-8-2-4-10-21(19)22/h1-4,7-10,17,22H,5-6,11-16H2,(H,27,32)(H,30,31)/t17-,26+/m1/s1. The number of carbonyl (C=O) groups excluding carboxylic acids is 2. The van der Waals surface area contributed by atoms with Crippen molar-refractivity contribution in [1.29, 1.82) is 0 Å². The molecule has 1 saturated carbocycles. The molecule has 2 aliphatic carbocycles. The highest BCUT2D eigenvalue weighted by Gasteiger charge is 2.66. The molecule has 2 N–H and O–H groups in total. The van der Waals surface area contributed by atoms with E-state index in [1.54, 1.807) is 0 Å². The number of likely N-dealkylation sites (tertiary alicyclic amines) is 1. The number of alkyl carbamates (subject to hydrolysis) is 1. The fourth-order valence-corrected chi connectivity index (χ4v) is 5.52. The van der Waals surface area contributed by atoms with Crippen LogP contribution in [0.2, 0.25) is 0 Å². The van der Waals surface area contributed by atoms with Crippen LogP contribution in [0.5, 0.6) is 0 Å². The summed E-state index contributed by atoms with van der Waals surface area (Å²) in [5.74, 6) is -1.20. The number of nitrogens with zero attached hydrogens (tertiary/aromatic N) is 1. The first-order valence-corrected chi connectivity index (χ1v) is 11.7. The summed E-state index contributed by atoms with van der Waals surface area (Å²) >= 11 is 0. The fraction of sp³-hybridized carbons (Fsp3) is 0.423. The Hall–Kier alpha value is -3.39. The number of amides is 2. The molecule has 8 heteroatoms. The Labute approximate surface area is 197 Å². The molecule has 8 nitrogen and oxygen atoms in total. The quantitative estimate of drug-likeness (QED) is 0.582. The number of rotatable bonds is 8. The van der Waals surface area contributed by atoms with Crippen molar-refractivity contribution in [2.75, 3.05) is 32.9 Å². The molecule has 2 fully saturated rings. The van der Waals surface area contributed by atoms with E-state index in [2.05, 4.69) is 29.6 Å². The average Bonchev–Trinajstić information content (AvgIpc) is 3.53. The lowest BCUT2D eigenvalue weighted by Crippen LogP contribution is -2.52. The van der Waals surface area contributed by atoms with E-state index in [0.717, 1.165) is 24.0 Å². The molecular weight excluding hydrogens is 436 g/mol. The first kappa shape index (κ1) is 22.4. The van der Waals surface area contributed by atoms with Crippen LogP contribution in [0.4, 0.5) is 4.79 Å². The van der Waals surface area contributed by atoms with E-state index in [1.165, 1.54) is 16.0 Å². The maximum Gasteiger partial charge on any atom is 0.407 e. The van der Waals surface area contributed by atoms with Crippen molar-refractivity contribution >= 4 is 18.0 Å². The van der Waals surface area contributed by atoms with Gasteiger partial charge in [0, 0.05) is 19.0 Å². The van der Waals surface area contributed by atoms with E-state index >= 15 is 0 Å². The van der Waals surface area contributed by atoms with Gasteiger partial charge in [0.15, 0.2) is 0 Å². The average molecular weight is 465 g/mol. The van der Waals surface area contributed by atoms with Crippen LogP contribution < -0.4 is 5.32 Å². The lowest BCUT2D eigenvalue weighted by molar-refractivity contribution is -0.156. The number of hydrogen-bond donors (Lipinski definition) is 2. The highest BCUT2D eigenvalue weighted by molar-refractivity contribution is 5.91. The number of nitrogens with one attached hydrogen (secondary N) is 1. The van der Waals surface area contributed by atoms with Gasteiger partial charge in [-0.1, -0.05) is 48.5 Å². The van der Waals surface area contributed by atoms with Gasteiger partial charge < -0.3 is 24.8 Å². The molecule has 0 aromatic heterocycles. The minimum Gasteiger partial charge on any atom is -0.479 e. The molecule has 2 aromatic carbocycles. The molecule has 0 spiro atoms. The Bertz CT molecular complexity index is 1070. The molecule has 2 aromatic rings. The van der Waals surface area contributed by atoms with Gasteiger partial charge in [0.25, 0.3) is 0 Å². The molecule has 3 aliphatic rings. The lowest BCUT2D eigenvalue weighted by atomic mass is 9.98. The number of ether oxygens (including phenoxy) is 2. The SMILES string of the molecule is O=C(NCCOCC(=O)N1CCC[C@@H]2C[C@@]21C(=O)O)OCC1c2ccccc2-c2ccccc21. The molecule has 1 heterocycles. The summed E-state index contributed by atoms with van der Waals surface area (Å²) in [6.45, 7) is 0.799. The van der Waals surface area contributed by atoms with Gasteiger partial charge in [-0.25, -0.2) is 9.59 Å². The lowest BCUT2D eigenvalue weighted by Gasteiger charge is -2.33. The number of carboxylic acid groups (broad SMARTS) is 1. The van der Waals surface area contributed by atoms with Gasteiger partial charge in [-0.05, 0) is 47.4 Å². The van der Waals surface area contributed by atoms with Crippen LogP contribution in [0.1, 0.15) is 36.3 Å². The van der Waals surface area contributed by atoms with E-state index < -0.39 is 17.6 Å². The monoisotopic (exact) mass is 464 g/mol. The first-order chi connectivity index (χ1) is 16.5. The summed E-state index contributed by atoms with van der Waals surface area (Å²) in [5.41, 5.74) is 3.60. The van der Waals surface area contributed by atoms with Gasteiger partial charge in [0.05, 0.1) is 6.61 Å². The predicted octanol–water partition coefficient (Wildman–Crippen LogP) is 3.01.